The average Bonchev–Trinajstić information content (AvgIpc) is 2.85. The van der Waals surface area contributed by atoms with E-state index in [2.05, 4.69) is 81.4 Å². The molecule has 0 fully saturated rings. The molecule has 4 heteroatoms. The summed E-state index contributed by atoms with van der Waals surface area (Å²) < 4.78 is 0.827. The van der Waals surface area contributed by atoms with Crippen molar-refractivity contribution < 1.29 is 45.7 Å². The molecule has 2 atom stereocenters. The molecule has 2 rings (SSSR count). The van der Waals surface area contributed by atoms with Crippen LogP contribution in [0.1, 0.15) is 69.2 Å². The quantitative estimate of drug-likeness (QED) is 0.509. The molecule has 0 N–H and O–H groups in total. The third kappa shape index (κ3) is 4.00. The summed E-state index contributed by atoms with van der Waals surface area (Å²) in [4.78, 5) is 0. The van der Waals surface area contributed by atoms with Crippen LogP contribution in [-0.2, 0) is 20.9 Å². The minimum Gasteiger partial charge on any atom is -1.00 e. The van der Waals surface area contributed by atoms with E-state index in [-0.39, 0.29) is 24.8 Å². The van der Waals surface area contributed by atoms with Crippen molar-refractivity contribution in [3.05, 3.63) is 45.6 Å². The van der Waals surface area contributed by atoms with Crippen molar-refractivity contribution in [2.75, 3.05) is 0 Å². The van der Waals surface area contributed by atoms with Gasteiger partial charge < -0.3 is 24.8 Å². The van der Waals surface area contributed by atoms with Crippen LogP contribution >= 0.6 is 0 Å². The third-order valence-electron chi connectivity index (χ3n) is 7.39. The molecule has 26 heavy (non-hydrogen) atoms. The Balaban J connectivity index is 0.00000312. The standard InChI is InChI=1S/2C9H13.C4H11Si.2ClH.Zr/c2*1-6-5-7(2)9(4)8(6)3;1-3-5-4-2;;;/h2*5H,1-4H3;5H,3-4H2,1-2H3;2*1H;/q;;;;;+2/p-2. The molecule has 0 spiro atoms. The number of hydrogen-bond donors (Lipinski definition) is 0. The van der Waals surface area contributed by atoms with Crippen LogP contribution in [0.3, 0.4) is 0 Å². The first-order valence-corrected chi connectivity index (χ1v) is 18.6. The van der Waals surface area contributed by atoms with E-state index in [1.165, 1.54) is 12.1 Å². The van der Waals surface area contributed by atoms with Crippen LogP contribution in [0, 0.1) is 0 Å². The maximum Gasteiger partial charge on any atom is -1.00 e. The molecule has 0 saturated carbocycles. The van der Waals surface area contributed by atoms with Crippen LogP contribution in [0.4, 0.5) is 0 Å². The van der Waals surface area contributed by atoms with Gasteiger partial charge in [-0.3, -0.25) is 0 Å². The van der Waals surface area contributed by atoms with Gasteiger partial charge in [-0.2, -0.15) is 0 Å². The van der Waals surface area contributed by atoms with Crippen molar-refractivity contribution in [1.82, 2.24) is 0 Å². The van der Waals surface area contributed by atoms with Gasteiger partial charge in [0.25, 0.3) is 0 Å². The van der Waals surface area contributed by atoms with Crippen LogP contribution in [0.25, 0.3) is 0 Å². The van der Waals surface area contributed by atoms with Crippen molar-refractivity contribution in [3.8, 4) is 0 Å². The predicted molar refractivity (Wildman–Crippen MR) is 109 cm³/mol. The normalized spacial score (nSPS) is 28.1. The Morgan fingerprint density at radius 1 is 0.731 bits per heavy atom. The molecule has 0 saturated heterocycles. The third-order valence-corrected chi connectivity index (χ3v) is 37.4. The number of hydrogen-bond acceptors (Lipinski definition) is 0. The maximum atomic E-state index is 2.70. The molecule has 147 valence electrons. The first-order valence-electron chi connectivity index (χ1n) is 9.67. The second kappa shape index (κ2) is 9.43. The zero-order valence-electron chi connectivity index (χ0n) is 18.4. The summed E-state index contributed by atoms with van der Waals surface area (Å²) in [6, 6.07) is 2.96. The van der Waals surface area contributed by atoms with E-state index < -0.39 is 26.8 Å². The number of allylic oxidation sites excluding steroid dienone is 8. The fraction of sp³-hybridized carbons (Fsp3) is 0.636. The molecule has 0 bridgehead atoms. The van der Waals surface area contributed by atoms with Crippen molar-refractivity contribution in [3.63, 3.8) is 0 Å². The first kappa shape index (κ1) is 26.6. The zero-order chi connectivity index (χ0) is 18.4. The van der Waals surface area contributed by atoms with Crippen LogP contribution in [0.5, 0.6) is 0 Å². The Morgan fingerprint density at radius 2 is 1.04 bits per heavy atom. The van der Waals surface area contributed by atoms with E-state index in [0.29, 0.717) is 6.25 Å². The molecular weight excluding hydrogens is 454 g/mol. The monoisotopic (exact) mass is 489 g/mol. The molecule has 2 aliphatic carbocycles. The summed E-state index contributed by atoms with van der Waals surface area (Å²) in [6.07, 6.45) is 5.40. The van der Waals surface area contributed by atoms with Crippen molar-refractivity contribution >= 4 is 5.92 Å². The van der Waals surface area contributed by atoms with Crippen molar-refractivity contribution in [2.45, 2.75) is 87.6 Å². The Labute approximate surface area is 183 Å². The second-order valence-corrected chi connectivity index (χ2v) is 28.1. The Kier molecular flexibility index (Phi) is 9.66. The zero-order valence-corrected chi connectivity index (χ0v) is 23.5. The van der Waals surface area contributed by atoms with Gasteiger partial charge in [-0.15, -0.1) is 0 Å². The summed E-state index contributed by atoms with van der Waals surface area (Å²) in [6.45, 7) is 24.5. The summed E-state index contributed by atoms with van der Waals surface area (Å²) in [5.41, 5.74) is 9.67. The van der Waals surface area contributed by atoms with Gasteiger partial charge in [0.2, 0.25) is 0 Å². The molecule has 2 unspecified atom stereocenters. The Bertz CT molecular complexity index is 618. The van der Waals surface area contributed by atoms with Gasteiger partial charge in [0.1, 0.15) is 0 Å². The van der Waals surface area contributed by atoms with Crippen LogP contribution in [-0.4, -0.2) is 5.92 Å². The van der Waals surface area contributed by atoms with E-state index in [1.807, 2.05) is 0 Å². The molecule has 0 nitrogen and oxygen atoms in total. The van der Waals surface area contributed by atoms with Gasteiger partial charge in [0, 0.05) is 0 Å². The van der Waals surface area contributed by atoms with Gasteiger partial charge in [0.15, 0.2) is 0 Å². The molecule has 0 aromatic heterocycles. The van der Waals surface area contributed by atoms with Crippen LogP contribution in [0.15, 0.2) is 45.6 Å². The second-order valence-electron chi connectivity index (χ2n) is 8.49. The predicted octanol–water partition coefficient (Wildman–Crippen LogP) is 1.33. The molecular formula is C22H37Cl2SiZr. The molecule has 0 aliphatic heterocycles. The number of halogens is 2. The molecule has 2 aliphatic rings. The Morgan fingerprint density at radius 3 is 1.23 bits per heavy atom. The molecule has 0 heterocycles. The van der Waals surface area contributed by atoms with Gasteiger partial charge in [-0.05, 0) is 0 Å². The molecule has 0 radical (unpaired) electrons. The molecule has 0 aromatic rings. The summed E-state index contributed by atoms with van der Waals surface area (Å²) in [5, 5.41) is 0. The Hall–Kier alpha value is 0.640. The number of rotatable bonds is 5. The van der Waals surface area contributed by atoms with E-state index in [1.54, 1.807) is 33.4 Å². The van der Waals surface area contributed by atoms with Gasteiger partial charge in [-0.25, -0.2) is 0 Å². The van der Waals surface area contributed by atoms with Gasteiger partial charge in [0.05, 0.1) is 0 Å². The van der Waals surface area contributed by atoms with Crippen molar-refractivity contribution in [1.29, 1.82) is 0 Å². The summed E-state index contributed by atoms with van der Waals surface area (Å²) in [7, 11) is 0. The van der Waals surface area contributed by atoms with Gasteiger partial charge in [-0.1, -0.05) is 0 Å². The van der Waals surface area contributed by atoms with Crippen molar-refractivity contribution in [2.24, 2.45) is 0 Å². The van der Waals surface area contributed by atoms with Crippen LogP contribution in [0.2, 0.25) is 18.3 Å². The minimum absolute atomic E-state index is 0. The molecule has 0 amide bonds. The first-order chi connectivity index (χ1) is 11.0. The van der Waals surface area contributed by atoms with Gasteiger partial charge >= 0.3 is 160 Å². The minimum atomic E-state index is -1.85. The summed E-state index contributed by atoms with van der Waals surface area (Å²) in [5.74, 6) is -0.695. The van der Waals surface area contributed by atoms with E-state index in [9.17, 15) is 0 Å². The van der Waals surface area contributed by atoms with Crippen LogP contribution < -0.4 is 24.8 Å². The molecule has 0 aromatic carbocycles. The smallest absolute Gasteiger partial charge is 1.00 e. The average molecular weight is 492 g/mol. The fourth-order valence-corrected chi connectivity index (χ4v) is 37.9. The largest absolute Gasteiger partial charge is 1.00 e. The SMILES string of the molecule is CC[SiH](CC)[Zr+2]([C]1(C)C=C(C)C(C)=C1C)[C]1(C)C=C(C)C(C)=C1C.[Cl-].[Cl-]. The van der Waals surface area contributed by atoms with E-state index in [4.69, 9.17) is 0 Å². The fourth-order valence-electron chi connectivity index (χ4n) is 5.31. The maximum absolute atomic E-state index is 2.70. The topological polar surface area (TPSA) is 0 Å². The van der Waals surface area contributed by atoms with E-state index >= 15 is 0 Å². The summed E-state index contributed by atoms with van der Waals surface area (Å²) >= 11 is -1.85. The van der Waals surface area contributed by atoms with E-state index in [0.717, 1.165) is 0 Å².